The fourth-order valence-corrected chi connectivity index (χ4v) is 4.81. The van der Waals surface area contributed by atoms with Gasteiger partial charge in [0.05, 0.1) is 22.7 Å². The molecule has 0 radical (unpaired) electrons. The molecule has 1 aromatic rings. The molecule has 0 N–H and O–H groups in total. The van der Waals surface area contributed by atoms with Crippen molar-refractivity contribution in [1.82, 2.24) is 4.90 Å². The summed E-state index contributed by atoms with van der Waals surface area (Å²) >= 11 is 1.99. The van der Waals surface area contributed by atoms with E-state index in [-0.39, 0.29) is 10.7 Å². The van der Waals surface area contributed by atoms with Crippen LogP contribution in [0.15, 0.2) is 16.7 Å². The Morgan fingerprint density at radius 3 is 3.00 bits per heavy atom. The predicted octanol–water partition coefficient (Wildman–Crippen LogP) is 2.71. The molecule has 1 atom stereocenters. The molecular weight excluding hydrogens is 286 g/mol. The second-order valence-electron chi connectivity index (χ2n) is 6.65. The minimum absolute atomic E-state index is 0.106. The fraction of sp³-hybridized carbons (Fsp3) is 0.688. The summed E-state index contributed by atoms with van der Waals surface area (Å²) in [7, 11) is 0. The Balaban J connectivity index is 1.30. The van der Waals surface area contributed by atoms with Gasteiger partial charge in [0.25, 0.3) is 5.91 Å². The van der Waals surface area contributed by atoms with Crippen LogP contribution in [0.25, 0.3) is 0 Å². The first kappa shape index (κ1) is 13.7. The summed E-state index contributed by atoms with van der Waals surface area (Å²) in [6.07, 6.45) is 5.76. The number of amides is 1. The molecule has 4 nitrogen and oxygen atoms in total. The van der Waals surface area contributed by atoms with Crippen LogP contribution in [0.3, 0.4) is 0 Å². The van der Waals surface area contributed by atoms with Crippen LogP contribution in [-0.2, 0) is 4.74 Å². The Hall–Kier alpha value is -0.940. The van der Waals surface area contributed by atoms with Gasteiger partial charge in [0.1, 0.15) is 5.76 Å². The van der Waals surface area contributed by atoms with E-state index in [2.05, 4.69) is 0 Å². The Labute approximate surface area is 129 Å². The molecule has 1 aromatic heterocycles. The normalized spacial score (nSPS) is 27.1. The monoisotopic (exact) mass is 307 g/mol. The Morgan fingerprint density at radius 2 is 2.33 bits per heavy atom. The smallest absolute Gasteiger partial charge is 0.257 e. The summed E-state index contributed by atoms with van der Waals surface area (Å²) in [5.41, 5.74) is 0.703. The van der Waals surface area contributed by atoms with Gasteiger partial charge in [0.2, 0.25) is 0 Å². The lowest BCUT2D eigenvalue weighted by atomic mass is 9.92. The van der Waals surface area contributed by atoms with Gasteiger partial charge in [0.15, 0.2) is 0 Å². The summed E-state index contributed by atoms with van der Waals surface area (Å²) in [4.78, 5) is 14.3. The molecule has 4 rings (SSSR count). The third kappa shape index (κ3) is 2.61. The van der Waals surface area contributed by atoms with Crippen molar-refractivity contribution in [2.75, 3.05) is 25.4 Å². The van der Waals surface area contributed by atoms with Gasteiger partial charge >= 0.3 is 0 Å². The van der Waals surface area contributed by atoms with Crippen molar-refractivity contribution in [3.05, 3.63) is 23.7 Å². The van der Waals surface area contributed by atoms with Crippen LogP contribution in [0.2, 0.25) is 0 Å². The number of thioether (sulfide) groups is 1. The molecule has 1 spiro atoms. The van der Waals surface area contributed by atoms with Gasteiger partial charge in [-0.3, -0.25) is 4.79 Å². The molecule has 0 bridgehead atoms. The van der Waals surface area contributed by atoms with E-state index in [1.165, 1.54) is 12.8 Å². The van der Waals surface area contributed by atoms with Gasteiger partial charge < -0.3 is 14.1 Å². The first-order chi connectivity index (χ1) is 10.2. The number of nitrogens with zero attached hydrogens (tertiary/aromatic N) is 1. The summed E-state index contributed by atoms with van der Waals surface area (Å²) in [5.74, 6) is 2.73. The lowest BCUT2D eigenvalue weighted by Gasteiger charge is -2.47. The van der Waals surface area contributed by atoms with Gasteiger partial charge in [-0.2, -0.15) is 0 Å². The van der Waals surface area contributed by atoms with Gasteiger partial charge in [-0.15, -0.1) is 11.8 Å². The zero-order valence-electron chi connectivity index (χ0n) is 12.3. The average Bonchev–Trinajstić information content (AvgIpc) is 3.00. The maximum Gasteiger partial charge on any atom is 0.257 e. The largest absolute Gasteiger partial charge is 0.469 e. The highest BCUT2D eigenvalue weighted by molar-refractivity contribution is 8.01. The molecule has 1 amide bonds. The molecule has 21 heavy (non-hydrogen) atoms. The van der Waals surface area contributed by atoms with Crippen LogP contribution in [-0.4, -0.2) is 47.1 Å². The van der Waals surface area contributed by atoms with Crippen LogP contribution >= 0.6 is 11.8 Å². The standard InChI is InChI=1S/C16H21NO3S/c1-11-14(4-5-19-11)15(18)17-9-16(10-17)6-13(8-21-16)20-7-12-2-3-12/h4-5,12-13H,2-3,6-10H2,1H3/t13-/m0/s1. The summed E-state index contributed by atoms with van der Waals surface area (Å²) in [6, 6.07) is 1.77. The predicted molar refractivity (Wildman–Crippen MR) is 81.6 cm³/mol. The fourth-order valence-electron chi connectivity index (χ4n) is 3.26. The highest BCUT2D eigenvalue weighted by Gasteiger charge is 2.51. The van der Waals surface area contributed by atoms with Crippen molar-refractivity contribution in [2.45, 2.75) is 37.0 Å². The number of carbonyl (C=O) groups is 1. The van der Waals surface area contributed by atoms with Crippen molar-refractivity contribution in [3.63, 3.8) is 0 Å². The van der Waals surface area contributed by atoms with Crippen LogP contribution in [0, 0.1) is 12.8 Å². The third-order valence-electron chi connectivity index (χ3n) is 4.77. The molecule has 3 aliphatic rings. The number of carbonyl (C=O) groups excluding carboxylic acids is 1. The van der Waals surface area contributed by atoms with Crippen LogP contribution in [0.1, 0.15) is 35.4 Å². The van der Waals surface area contributed by atoms with Gasteiger partial charge in [-0.1, -0.05) is 0 Å². The molecule has 5 heteroatoms. The quantitative estimate of drug-likeness (QED) is 0.858. The number of hydrogen-bond acceptors (Lipinski definition) is 4. The van der Waals surface area contributed by atoms with E-state index < -0.39 is 0 Å². The van der Waals surface area contributed by atoms with E-state index in [1.54, 1.807) is 12.3 Å². The maximum atomic E-state index is 12.4. The van der Waals surface area contributed by atoms with Crippen LogP contribution < -0.4 is 0 Å². The Kier molecular flexibility index (Phi) is 3.30. The van der Waals surface area contributed by atoms with Crippen molar-refractivity contribution >= 4 is 17.7 Å². The summed E-state index contributed by atoms with van der Waals surface area (Å²) in [5, 5.41) is 0. The van der Waals surface area contributed by atoms with Crippen molar-refractivity contribution in [1.29, 1.82) is 0 Å². The average molecular weight is 307 g/mol. The van der Waals surface area contributed by atoms with Gasteiger partial charge in [-0.25, -0.2) is 0 Å². The van der Waals surface area contributed by atoms with Crippen LogP contribution in [0.5, 0.6) is 0 Å². The second-order valence-corrected chi connectivity index (χ2v) is 8.14. The maximum absolute atomic E-state index is 12.4. The molecule has 1 aliphatic carbocycles. The minimum Gasteiger partial charge on any atom is -0.469 e. The molecule has 3 heterocycles. The molecule has 3 fully saturated rings. The number of ether oxygens (including phenoxy) is 1. The topological polar surface area (TPSA) is 42.7 Å². The van der Waals surface area contributed by atoms with E-state index in [9.17, 15) is 4.79 Å². The second kappa shape index (κ2) is 5.06. The van der Waals surface area contributed by atoms with E-state index in [4.69, 9.17) is 9.15 Å². The number of hydrogen-bond donors (Lipinski definition) is 0. The molecule has 0 unspecified atom stereocenters. The zero-order chi connectivity index (χ0) is 14.4. The molecule has 2 saturated heterocycles. The molecular formula is C16H21NO3S. The van der Waals surface area contributed by atoms with E-state index in [0.717, 1.165) is 37.8 Å². The van der Waals surface area contributed by atoms with Crippen molar-refractivity contribution < 1.29 is 13.9 Å². The highest BCUT2D eigenvalue weighted by atomic mass is 32.2. The Morgan fingerprint density at radius 1 is 1.52 bits per heavy atom. The van der Waals surface area contributed by atoms with Gasteiger partial charge in [0, 0.05) is 25.4 Å². The molecule has 2 aliphatic heterocycles. The Bertz CT molecular complexity index is 545. The number of likely N-dealkylation sites (tertiary alicyclic amines) is 1. The van der Waals surface area contributed by atoms with E-state index in [0.29, 0.717) is 17.4 Å². The van der Waals surface area contributed by atoms with E-state index in [1.807, 2.05) is 23.6 Å². The summed E-state index contributed by atoms with van der Waals surface area (Å²) in [6.45, 7) is 4.49. The minimum atomic E-state index is 0.106. The molecule has 1 saturated carbocycles. The third-order valence-corrected chi connectivity index (χ3v) is 6.35. The first-order valence-electron chi connectivity index (χ1n) is 7.74. The lowest BCUT2D eigenvalue weighted by molar-refractivity contribution is 0.0286. The molecule has 0 aromatic carbocycles. The highest BCUT2D eigenvalue weighted by Crippen LogP contribution is 2.46. The lowest BCUT2D eigenvalue weighted by Crippen LogP contribution is -2.60. The number of aryl methyl sites for hydroxylation is 1. The SMILES string of the molecule is Cc1occc1C(=O)N1CC2(C[C@H](OCC3CC3)CS2)C1. The number of rotatable bonds is 4. The van der Waals surface area contributed by atoms with Crippen molar-refractivity contribution in [3.8, 4) is 0 Å². The van der Waals surface area contributed by atoms with Crippen molar-refractivity contribution in [2.24, 2.45) is 5.92 Å². The van der Waals surface area contributed by atoms with Gasteiger partial charge in [-0.05, 0) is 38.2 Å². The van der Waals surface area contributed by atoms with Crippen LogP contribution in [0.4, 0.5) is 0 Å². The number of furan rings is 1. The van der Waals surface area contributed by atoms with E-state index >= 15 is 0 Å². The molecule has 114 valence electrons. The first-order valence-corrected chi connectivity index (χ1v) is 8.73. The summed E-state index contributed by atoms with van der Waals surface area (Å²) < 4.78 is 11.5. The zero-order valence-corrected chi connectivity index (χ0v) is 13.2.